The van der Waals surface area contributed by atoms with Gasteiger partial charge in [0, 0.05) is 19.3 Å². The monoisotopic (exact) mass is 338 g/mol. The van der Waals surface area contributed by atoms with Gasteiger partial charge in [0.2, 0.25) is 0 Å². The van der Waals surface area contributed by atoms with Gasteiger partial charge in [-0.2, -0.15) is 0 Å². The summed E-state index contributed by atoms with van der Waals surface area (Å²) in [6, 6.07) is 0. The highest BCUT2D eigenvalue weighted by Crippen LogP contribution is 2.46. The third kappa shape index (κ3) is 3.17. The molecular formula is C19H30O5. The van der Waals surface area contributed by atoms with Crippen molar-refractivity contribution < 1.29 is 23.7 Å². The Kier molecular flexibility index (Phi) is 4.50. The van der Waals surface area contributed by atoms with Gasteiger partial charge in [-0.15, -0.1) is 6.58 Å². The maximum absolute atomic E-state index is 6.50. The van der Waals surface area contributed by atoms with Crippen LogP contribution in [0.2, 0.25) is 0 Å². The molecule has 3 aliphatic heterocycles. The molecule has 24 heavy (non-hydrogen) atoms. The van der Waals surface area contributed by atoms with Gasteiger partial charge in [0.05, 0.1) is 18.8 Å². The highest BCUT2D eigenvalue weighted by atomic mass is 16.8. The molecule has 0 amide bonds. The molecule has 136 valence electrons. The van der Waals surface area contributed by atoms with Gasteiger partial charge in [-0.1, -0.05) is 12.5 Å². The Morgan fingerprint density at radius 1 is 1.00 bits per heavy atom. The Bertz CT molecular complexity index is 470. The SMILES string of the molecule is C=CC[C@H]1C[C@@H]2OC3(CCCCC3)O[C@H]2[C@H]([C@H]2COC(C)(C)O2)O1. The molecule has 3 saturated heterocycles. The lowest BCUT2D eigenvalue weighted by Crippen LogP contribution is -2.53. The van der Waals surface area contributed by atoms with Gasteiger partial charge in [-0.05, 0) is 33.1 Å². The van der Waals surface area contributed by atoms with Crippen LogP contribution in [0.3, 0.4) is 0 Å². The molecule has 5 nitrogen and oxygen atoms in total. The second-order valence-electron chi connectivity index (χ2n) is 8.06. The lowest BCUT2D eigenvalue weighted by molar-refractivity contribution is -0.215. The summed E-state index contributed by atoms with van der Waals surface area (Å²) in [7, 11) is 0. The highest BCUT2D eigenvalue weighted by Gasteiger charge is 2.56. The molecule has 0 unspecified atom stereocenters. The Balaban J connectivity index is 1.53. The smallest absolute Gasteiger partial charge is 0.169 e. The van der Waals surface area contributed by atoms with Gasteiger partial charge in [0.15, 0.2) is 11.6 Å². The summed E-state index contributed by atoms with van der Waals surface area (Å²) in [6.07, 6.45) is 9.11. The van der Waals surface area contributed by atoms with Crippen molar-refractivity contribution in [3.8, 4) is 0 Å². The van der Waals surface area contributed by atoms with Crippen LogP contribution in [-0.4, -0.2) is 48.7 Å². The normalized spacial score (nSPS) is 43.7. The van der Waals surface area contributed by atoms with Crippen LogP contribution in [0.4, 0.5) is 0 Å². The summed E-state index contributed by atoms with van der Waals surface area (Å²) in [5, 5.41) is 0. The fraction of sp³-hybridized carbons (Fsp3) is 0.895. The van der Waals surface area contributed by atoms with Gasteiger partial charge in [0.1, 0.15) is 18.3 Å². The molecule has 5 heteroatoms. The Morgan fingerprint density at radius 3 is 2.46 bits per heavy atom. The van der Waals surface area contributed by atoms with Crippen LogP contribution in [0.25, 0.3) is 0 Å². The fourth-order valence-electron chi connectivity index (χ4n) is 4.61. The summed E-state index contributed by atoms with van der Waals surface area (Å²) in [5.41, 5.74) is 0. The van der Waals surface area contributed by atoms with Crippen LogP contribution in [0, 0.1) is 0 Å². The average Bonchev–Trinajstić information content (AvgIpc) is 3.07. The lowest BCUT2D eigenvalue weighted by Gasteiger charge is -2.39. The molecule has 0 radical (unpaired) electrons. The minimum absolute atomic E-state index is 0.0633. The molecule has 0 aromatic heterocycles. The van der Waals surface area contributed by atoms with Crippen molar-refractivity contribution in [3.05, 3.63) is 12.7 Å². The zero-order chi connectivity index (χ0) is 16.8. The van der Waals surface area contributed by atoms with E-state index in [1.54, 1.807) is 0 Å². The molecular weight excluding hydrogens is 308 g/mol. The molecule has 0 aromatic carbocycles. The number of fused-ring (bicyclic) bond motifs is 1. The summed E-state index contributed by atoms with van der Waals surface area (Å²) in [4.78, 5) is 0. The van der Waals surface area contributed by atoms with Crippen molar-refractivity contribution in [1.82, 2.24) is 0 Å². The van der Waals surface area contributed by atoms with Crippen molar-refractivity contribution in [2.24, 2.45) is 0 Å². The van der Waals surface area contributed by atoms with E-state index in [0.29, 0.717) is 6.61 Å². The van der Waals surface area contributed by atoms with Crippen LogP contribution in [-0.2, 0) is 23.7 Å². The van der Waals surface area contributed by atoms with E-state index in [4.69, 9.17) is 23.7 Å². The second kappa shape index (κ2) is 6.36. The Morgan fingerprint density at radius 2 is 1.79 bits per heavy atom. The topological polar surface area (TPSA) is 46.2 Å². The molecule has 3 heterocycles. The first-order valence-electron chi connectivity index (χ1n) is 9.44. The standard InChI is InChI=1S/C19H30O5/c1-4-8-13-11-14-17(24-19(23-14)9-6-5-7-10-19)16(21-13)15-12-20-18(2,3)22-15/h4,13-17H,1,5-12H2,2-3H3/t13-,14-,15+,16-,17+/m0/s1. The van der Waals surface area contributed by atoms with Crippen LogP contribution in [0.1, 0.15) is 58.8 Å². The van der Waals surface area contributed by atoms with E-state index in [1.165, 1.54) is 19.3 Å². The van der Waals surface area contributed by atoms with Crippen LogP contribution < -0.4 is 0 Å². The summed E-state index contributed by atoms with van der Waals surface area (Å²) < 4.78 is 31.2. The molecule has 1 saturated carbocycles. The molecule has 4 aliphatic rings. The van der Waals surface area contributed by atoms with E-state index in [1.807, 2.05) is 19.9 Å². The van der Waals surface area contributed by atoms with E-state index >= 15 is 0 Å². The molecule has 5 atom stereocenters. The largest absolute Gasteiger partial charge is 0.369 e. The van der Waals surface area contributed by atoms with Crippen molar-refractivity contribution >= 4 is 0 Å². The minimum Gasteiger partial charge on any atom is -0.369 e. The quantitative estimate of drug-likeness (QED) is 0.739. The first kappa shape index (κ1) is 17.0. The van der Waals surface area contributed by atoms with Gasteiger partial charge < -0.3 is 23.7 Å². The van der Waals surface area contributed by atoms with E-state index in [0.717, 1.165) is 25.7 Å². The lowest BCUT2D eigenvalue weighted by atomic mass is 9.93. The molecule has 0 N–H and O–H groups in total. The number of rotatable bonds is 3. The number of hydrogen-bond donors (Lipinski definition) is 0. The maximum atomic E-state index is 6.50. The summed E-state index contributed by atoms with van der Waals surface area (Å²) >= 11 is 0. The van der Waals surface area contributed by atoms with Gasteiger partial charge >= 0.3 is 0 Å². The average molecular weight is 338 g/mol. The summed E-state index contributed by atoms with van der Waals surface area (Å²) in [5.74, 6) is -0.954. The van der Waals surface area contributed by atoms with Crippen molar-refractivity contribution in [2.75, 3.05) is 6.61 Å². The number of ether oxygens (including phenoxy) is 5. The molecule has 4 rings (SSSR count). The minimum atomic E-state index is -0.559. The summed E-state index contributed by atoms with van der Waals surface area (Å²) in [6.45, 7) is 8.30. The first-order chi connectivity index (χ1) is 11.5. The first-order valence-corrected chi connectivity index (χ1v) is 9.44. The predicted octanol–water partition coefficient (Wildman–Crippen LogP) is 3.32. The van der Waals surface area contributed by atoms with Crippen molar-refractivity contribution in [3.63, 3.8) is 0 Å². The van der Waals surface area contributed by atoms with E-state index in [9.17, 15) is 0 Å². The second-order valence-corrected chi connectivity index (χ2v) is 8.06. The van der Waals surface area contributed by atoms with Gasteiger partial charge in [-0.3, -0.25) is 0 Å². The van der Waals surface area contributed by atoms with Crippen molar-refractivity contribution in [1.29, 1.82) is 0 Å². The number of hydrogen-bond acceptors (Lipinski definition) is 5. The third-order valence-electron chi connectivity index (χ3n) is 5.69. The molecule has 1 spiro atoms. The zero-order valence-corrected chi connectivity index (χ0v) is 14.9. The van der Waals surface area contributed by atoms with E-state index in [-0.39, 0.29) is 30.5 Å². The molecule has 0 bridgehead atoms. The van der Waals surface area contributed by atoms with Crippen LogP contribution >= 0.6 is 0 Å². The fourth-order valence-corrected chi connectivity index (χ4v) is 4.61. The van der Waals surface area contributed by atoms with Crippen LogP contribution in [0.15, 0.2) is 12.7 Å². The van der Waals surface area contributed by atoms with E-state index in [2.05, 4.69) is 6.58 Å². The van der Waals surface area contributed by atoms with E-state index < -0.39 is 11.6 Å². The predicted molar refractivity (Wildman–Crippen MR) is 88.6 cm³/mol. The maximum Gasteiger partial charge on any atom is 0.169 e. The molecule has 4 fully saturated rings. The zero-order valence-electron chi connectivity index (χ0n) is 14.9. The Labute approximate surface area is 144 Å². The molecule has 1 aliphatic carbocycles. The third-order valence-corrected chi connectivity index (χ3v) is 5.69. The van der Waals surface area contributed by atoms with Crippen molar-refractivity contribution in [2.45, 2.75) is 101 Å². The Hall–Kier alpha value is -0.460. The van der Waals surface area contributed by atoms with Crippen LogP contribution in [0.5, 0.6) is 0 Å². The van der Waals surface area contributed by atoms with Gasteiger partial charge in [0.25, 0.3) is 0 Å². The highest BCUT2D eigenvalue weighted by molar-refractivity contribution is 5.00. The van der Waals surface area contributed by atoms with Gasteiger partial charge in [-0.25, -0.2) is 0 Å². The molecule has 0 aromatic rings.